The number of benzene rings is 3. The van der Waals surface area contributed by atoms with Crippen molar-refractivity contribution in [2.75, 3.05) is 5.32 Å². The van der Waals surface area contributed by atoms with Crippen molar-refractivity contribution in [1.82, 2.24) is 25.2 Å². The number of pyridine rings is 1. The Morgan fingerprint density at radius 3 is 2.06 bits per heavy atom. The lowest BCUT2D eigenvalue weighted by atomic mass is 9.96. The van der Waals surface area contributed by atoms with Crippen molar-refractivity contribution in [3.63, 3.8) is 0 Å². The molecule has 0 radical (unpaired) electrons. The first-order valence-electron chi connectivity index (χ1n) is 15.8. The third-order valence-electron chi connectivity index (χ3n) is 7.73. The molecule has 2 atom stereocenters. The van der Waals surface area contributed by atoms with Gasteiger partial charge < -0.3 is 20.5 Å². The summed E-state index contributed by atoms with van der Waals surface area (Å²) in [5, 5.41) is 17.8. The van der Waals surface area contributed by atoms with Crippen LogP contribution in [-0.4, -0.2) is 55.6 Å². The molecule has 2 unspecified atom stereocenters. The number of hydrogen-bond donors (Lipinski definition) is 4. The van der Waals surface area contributed by atoms with Crippen LogP contribution in [0.25, 0.3) is 11.4 Å². The van der Waals surface area contributed by atoms with Gasteiger partial charge in [-0.2, -0.15) is 8.78 Å². The van der Waals surface area contributed by atoms with Crippen LogP contribution >= 0.6 is 0 Å². The van der Waals surface area contributed by atoms with Crippen molar-refractivity contribution < 1.29 is 33.0 Å². The van der Waals surface area contributed by atoms with Gasteiger partial charge >= 0.3 is 12.0 Å². The Labute approximate surface area is 291 Å². The van der Waals surface area contributed by atoms with E-state index in [4.69, 9.17) is 4.74 Å². The fraction of sp³-hybridized carbons (Fsp3) is 0.189. The number of carbonyl (C=O) groups excluding carboxylic acids is 3. The highest BCUT2D eigenvalue weighted by atomic mass is 19.3. The van der Waals surface area contributed by atoms with Gasteiger partial charge in [-0.1, -0.05) is 91.0 Å². The summed E-state index contributed by atoms with van der Waals surface area (Å²) in [5.41, 5.74) is 0.972. The lowest BCUT2D eigenvalue weighted by Crippen LogP contribution is -2.58. The van der Waals surface area contributed by atoms with Gasteiger partial charge in [0.1, 0.15) is 30.8 Å². The minimum atomic E-state index is -4.33. The molecule has 0 bridgehead atoms. The molecule has 3 aromatic carbocycles. The molecule has 4 N–H and O–H groups in total. The number of amides is 3. The summed E-state index contributed by atoms with van der Waals surface area (Å²) in [4.78, 5) is 60.7. The van der Waals surface area contributed by atoms with E-state index < -0.39 is 48.1 Å². The summed E-state index contributed by atoms with van der Waals surface area (Å²) in [6.07, 6.45) is 0.0804. The van der Waals surface area contributed by atoms with Crippen molar-refractivity contribution in [2.24, 2.45) is 0 Å². The lowest BCUT2D eigenvalue weighted by molar-refractivity contribution is -0.168. The van der Waals surface area contributed by atoms with Crippen LogP contribution in [0.5, 0.6) is 0 Å². The van der Waals surface area contributed by atoms with Gasteiger partial charge in [-0.3, -0.25) is 29.3 Å². The molecular formula is C37H34F2N6O6. The number of carbonyl (C=O) groups is 3. The number of halogens is 2. The molecule has 5 aromatic rings. The maximum atomic E-state index is 15.5. The predicted octanol–water partition coefficient (Wildman–Crippen LogP) is 4.09. The quantitative estimate of drug-likeness (QED) is 0.135. The van der Waals surface area contributed by atoms with Gasteiger partial charge in [0.15, 0.2) is 0 Å². The van der Waals surface area contributed by atoms with E-state index in [9.17, 15) is 24.3 Å². The molecule has 2 aromatic heterocycles. The number of nitrogens with one attached hydrogen (secondary N) is 3. The molecule has 12 nitrogen and oxygen atoms in total. The number of anilines is 1. The number of alkyl halides is 2. The van der Waals surface area contributed by atoms with E-state index in [2.05, 4.69) is 25.9 Å². The third-order valence-corrected chi connectivity index (χ3v) is 7.73. The Morgan fingerprint density at radius 2 is 1.43 bits per heavy atom. The highest BCUT2D eigenvalue weighted by Gasteiger charge is 2.50. The second-order valence-corrected chi connectivity index (χ2v) is 11.4. The Morgan fingerprint density at radius 1 is 0.843 bits per heavy atom. The number of rotatable bonds is 14. The summed E-state index contributed by atoms with van der Waals surface area (Å²) in [6.45, 7) is -1.05. The molecule has 0 saturated heterocycles. The average molecular weight is 697 g/mol. The number of aliphatic hydroxyl groups is 1. The van der Waals surface area contributed by atoms with Crippen molar-refractivity contribution in [3.8, 4) is 11.4 Å². The fourth-order valence-corrected chi connectivity index (χ4v) is 5.11. The summed E-state index contributed by atoms with van der Waals surface area (Å²) in [6, 6.07) is 26.9. The minimum absolute atomic E-state index is 0.00605. The molecule has 0 saturated carbocycles. The molecule has 2 heterocycles. The number of nitrogens with zero attached hydrogens (tertiary/aromatic N) is 3. The molecule has 3 amide bonds. The molecule has 0 fully saturated rings. The molecule has 5 rings (SSSR count). The maximum absolute atomic E-state index is 15.5. The van der Waals surface area contributed by atoms with Crippen LogP contribution in [0.15, 0.2) is 127 Å². The van der Waals surface area contributed by atoms with Crippen LogP contribution in [-0.2, 0) is 40.4 Å². The van der Waals surface area contributed by atoms with Gasteiger partial charge in [0.25, 0.3) is 11.5 Å². The van der Waals surface area contributed by atoms with E-state index >= 15 is 8.78 Å². The summed E-state index contributed by atoms with van der Waals surface area (Å²) >= 11 is 0. The van der Waals surface area contributed by atoms with Gasteiger partial charge in [-0.15, -0.1) is 0 Å². The number of ether oxygens (including phenoxy) is 1. The molecular weight excluding hydrogens is 662 g/mol. The lowest BCUT2D eigenvalue weighted by Gasteiger charge is -2.30. The van der Waals surface area contributed by atoms with E-state index in [1.807, 2.05) is 0 Å². The molecule has 0 spiro atoms. The Balaban J connectivity index is 1.37. The number of aromatic nitrogens is 3. The molecule has 0 aliphatic heterocycles. The Hall–Kier alpha value is -6.28. The first-order chi connectivity index (χ1) is 24.6. The van der Waals surface area contributed by atoms with E-state index in [0.29, 0.717) is 22.3 Å². The summed E-state index contributed by atoms with van der Waals surface area (Å²) in [7, 11) is 0. The highest BCUT2D eigenvalue weighted by Crippen LogP contribution is 2.24. The van der Waals surface area contributed by atoms with Crippen LogP contribution < -0.4 is 21.5 Å². The third kappa shape index (κ3) is 9.67. The highest BCUT2D eigenvalue weighted by molar-refractivity contribution is 5.85. The van der Waals surface area contributed by atoms with E-state index in [0.717, 1.165) is 10.8 Å². The van der Waals surface area contributed by atoms with Crippen molar-refractivity contribution in [2.45, 2.75) is 44.2 Å². The van der Waals surface area contributed by atoms with Crippen molar-refractivity contribution in [1.29, 1.82) is 0 Å². The van der Waals surface area contributed by atoms with E-state index in [1.54, 1.807) is 91.0 Å². The topological polar surface area (TPSA) is 165 Å². The van der Waals surface area contributed by atoms with Crippen LogP contribution in [0.4, 0.5) is 19.3 Å². The summed E-state index contributed by atoms with van der Waals surface area (Å²) < 4.78 is 37.2. The van der Waals surface area contributed by atoms with Crippen LogP contribution in [0, 0.1) is 0 Å². The average Bonchev–Trinajstić information content (AvgIpc) is 3.15. The zero-order valence-electron chi connectivity index (χ0n) is 27.1. The Bertz CT molecular complexity index is 1980. The van der Waals surface area contributed by atoms with E-state index in [-0.39, 0.29) is 31.1 Å². The standard InChI is InChI=1S/C37H34F2N6O6/c38-37(39,35(49)42-21-26-12-6-2-7-13-26)32(47)29(20-25-10-4-1-5-11-25)43-31(46)23-45-33(28-16-18-40-19-17-28)41-22-30(34(45)48)44-36(50)51-24-27-14-8-3-9-15-27/h1-19,22,29,32,47H,20-21,23-24H2,(H,42,49)(H,43,46)(H,44,50). The molecule has 0 aliphatic carbocycles. The van der Waals surface area contributed by atoms with Crippen LogP contribution in [0.2, 0.25) is 0 Å². The SMILES string of the molecule is O=C(Cn1c(-c2ccncc2)ncc(NC(=O)OCc2ccccc2)c1=O)NC(Cc1ccccc1)C(O)C(F)(F)C(=O)NCc1ccccc1. The second kappa shape index (κ2) is 16.9. The van der Waals surface area contributed by atoms with Gasteiger partial charge in [0.2, 0.25) is 5.91 Å². The zero-order chi connectivity index (χ0) is 36.2. The number of hydrogen-bond acceptors (Lipinski definition) is 8. The molecule has 14 heteroatoms. The first-order valence-corrected chi connectivity index (χ1v) is 15.8. The van der Waals surface area contributed by atoms with Gasteiger partial charge in [-0.05, 0) is 35.2 Å². The van der Waals surface area contributed by atoms with Crippen LogP contribution in [0.3, 0.4) is 0 Å². The predicted molar refractivity (Wildman–Crippen MR) is 183 cm³/mol. The van der Waals surface area contributed by atoms with Gasteiger partial charge in [0.05, 0.1) is 12.2 Å². The van der Waals surface area contributed by atoms with Crippen molar-refractivity contribution in [3.05, 3.63) is 149 Å². The first kappa shape index (κ1) is 36.0. The monoisotopic (exact) mass is 696 g/mol. The van der Waals surface area contributed by atoms with Crippen LogP contribution in [0.1, 0.15) is 16.7 Å². The fourth-order valence-electron chi connectivity index (χ4n) is 5.11. The maximum Gasteiger partial charge on any atom is 0.412 e. The molecule has 0 aliphatic rings. The summed E-state index contributed by atoms with van der Waals surface area (Å²) in [5.74, 6) is -7.01. The Kier molecular flexibility index (Phi) is 11.9. The van der Waals surface area contributed by atoms with Crippen molar-refractivity contribution >= 4 is 23.6 Å². The zero-order valence-corrected chi connectivity index (χ0v) is 27.1. The number of aliphatic hydroxyl groups excluding tert-OH is 1. The van der Waals surface area contributed by atoms with E-state index in [1.165, 1.54) is 24.5 Å². The smallest absolute Gasteiger partial charge is 0.412 e. The molecule has 51 heavy (non-hydrogen) atoms. The molecule has 262 valence electrons. The normalized spacial score (nSPS) is 12.3. The minimum Gasteiger partial charge on any atom is -0.444 e. The van der Waals surface area contributed by atoms with Gasteiger partial charge in [0, 0.05) is 24.5 Å². The van der Waals surface area contributed by atoms with Gasteiger partial charge in [-0.25, -0.2) is 9.78 Å². The second-order valence-electron chi connectivity index (χ2n) is 11.4. The largest absolute Gasteiger partial charge is 0.444 e.